The number of halogens is 1. The van der Waals surface area contributed by atoms with E-state index in [-0.39, 0.29) is 17.8 Å². The lowest BCUT2D eigenvalue weighted by Gasteiger charge is -2.12. The summed E-state index contributed by atoms with van der Waals surface area (Å²) in [7, 11) is 0. The quantitative estimate of drug-likeness (QED) is 0.480. The van der Waals surface area contributed by atoms with E-state index in [0.29, 0.717) is 5.65 Å². The number of rotatable bonds is 4. The largest absolute Gasteiger partial charge is 0.366 e. The minimum atomic E-state index is -0.240. The van der Waals surface area contributed by atoms with Crippen molar-refractivity contribution >= 4 is 11.6 Å². The molecule has 148 valence electrons. The van der Waals surface area contributed by atoms with Crippen molar-refractivity contribution in [3.8, 4) is 22.3 Å². The Morgan fingerprint density at radius 3 is 2.47 bits per heavy atom. The SMILES string of the molecule is CC(c1ccc(F)cc1)n1cc(-c2cccc(-c3ccn4nc(N)nc4c3)c2)cn1. The molecule has 3 aromatic heterocycles. The van der Waals surface area contributed by atoms with Crippen molar-refractivity contribution < 1.29 is 4.39 Å². The van der Waals surface area contributed by atoms with Gasteiger partial charge in [-0.15, -0.1) is 5.10 Å². The molecule has 2 N–H and O–H groups in total. The average Bonchev–Trinajstić information content (AvgIpc) is 3.39. The molecule has 5 rings (SSSR count). The van der Waals surface area contributed by atoms with Crippen LogP contribution >= 0.6 is 0 Å². The first kappa shape index (κ1) is 18.1. The molecular weight excluding hydrogens is 379 g/mol. The Hall–Kier alpha value is -4.00. The van der Waals surface area contributed by atoms with Crippen molar-refractivity contribution in [1.29, 1.82) is 0 Å². The number of hydrogen-bond acceptors (Lipinski definition) is 4. The van der Waals surface area contributed by atoms with Gasteiger partial charge >= 0.3 is 0 Å². The van der Waals surface area contributed by atoms with Gasteiger partial charge in [-0.1, -0.05) is 30.3 Å². The summed E-state index contributed by atoms with van der Waals surface area (Å²) in [4.78, 5) is 4.23. The van der Waals surface area contributed by atoms with Crippen LogP contribution in [0.1, 0.15) is 18.5 Å². The van der Waals surface area contributed by atoms with Gasteiger partial charge in [0.25, 0.3) is 0 Å². The Bertz CT molecular complexity index is 1340. The molecule has 0 aliphatic rings. The minimum absolute atomic E-state index is 0.00309. The molecule has 2 aromatic carbocycles. The highest BCUT2D eigenvalue weighted by Crippen LogP contribution is 2.28. The van der Waals surface area contributed by atoms with E-state index in [1.165, 1.54) is 12.1 Å². The predicted octanol–water partition coefficient (Wildman–Crippen LogP) is 4.59. The van der Waals surface area contributed by atoms with Crippen LogP contribution in [0.2, 0.25) is 0 Å². The van der Waals surface area contributed by atoms with Gasteiger partial charge in [-0.25, -0.2) is 8.91 Å². The summed E-state index contributed by atoms with van der Waals surface area (Å²) >= 11 is 0. The second-order valence-electron chi connectivity index (χ2n) is 7.21. The molecule has 0 aliphatic heterocycles. The molecule has 0 radical (unpaired) electrons. The third kappa shape index (κ3) is 3.30. The maximum absolute atomic E-state index is 13.2. The van der Waals surface area contributed by atoms with E-state index in [4.69, 9.17) is 5.73 Å². The third-order valence-corrected chi connectivity index (χ3v) is 5.23. The van der Waals surface area contributed by atoms with Crippen molar-refractivity contribution in [2.45, 2.75) is 13.0 Å². The van der Waals surface area contributed by atoms with Crippen LogP contribution in [0.25, 0.3) is 27.9 Å². The molecule has 0 spiro atoms. The number of pyridine rings is 1. The van der Waals surface area contributed by atoms with Crippen LogP contribution in [-0.4, -0.2) is 24.4 Å². The molecule has 0 bridgehead atoms. The van der Waals surface area contributed by atoms with E-state index in [9.17, 15) is 4.39 Å². The highest BCUT2D eigenvalue weighted by molar-refractivity contribution is 5.74. The van der Waals surface area contributed by atoms with Gasteiger partial charge < -0.3 is 5.73 Å². The van der Waals surface area contributed by atoms with Crippen LogP contribution in [0.15, 0.2) is 79.3 Å². The molecule has 0 aliphatic carbocycles. The fraction of sp³-hybridized carbons (Fsp3) is 0.0870. The van der Waals surface area contributed by atoms with Gasteiger partial charge in [0, 0.05) is 18.0 Å². The van der Waals surface area contributed by atoms with E-state index in [2.05, 4.69) is 33.4 Å². The molecule has 5 aromatic rings. The second-order valence-corrected chi connectivity index (χ2v) is 7.21. The lowest BCUT2D eigenvalue weighted by atomic mass is 10.0. The van der Waals surface area contributed by atoms with E-state index in [1.807, 2.05) is 48.4 Å². The molecule has 1 atom stereocenters. The van der Waals surface area contributed by atoms with Crippen LogP contribution < -0.4 is 5.73 Å². The maximum Gasteiger partial charge on any atom is 0.240 e. The first-order valence-electron chi connectivity index (χ1n) is 9.59. The summed E-state index contributed by atoms with van der Waals surface area (Å²) in [5, 5.41) is 8.64. The van der Waals surface area contributed by atoms with Crippen LogP contribution in [-0.2, 0) is 0 Å². The summed E-state index contributed by atoms with van der Waals surface area (Å²) in [5.74, 6) is 0.0134. The first-order chi connectivity index (χ1) is 14.6. The Morgan fingerprint density at radius 2 is 1.67 bits per heavy atom. The number of hydrogen-bond donors (Lipinski definition) is 1. The van der Waals surface area contributed by atoms with E-state index >= 15 is 0 Å². The number of benzene rings is 2. The predicted molar refractivity (Wildman–Crippen MR) is 114 cm³/mol. The molecule has 7 heteroatoms. The summed E-state index contributed by atoms with van der Waals surface area (Å²) < 4.78 is 16.8. The molecule has 0 fully saturated rings. The zero-order valence-electron chi connectivity index (χ0n) is 16.3. The lowest BCUT2D eigenvalue weighted by Crippen LogP contribution is -2.06. The van der Waals surface area contributed by atoms with Gasteiger partial charge in [0.2, 0.25) is 5.95 Å². The van der Waals surface area contributed by atoms with Crippen molar-refractivity contribution in [3.05, 3.63) is 90.6 Å². The fourth-order valence-electron chi connectivity index (χ4n) is 3.55. The Balaban J connectivity index is 1.46. The second kappa shape index (κ2) is 7.11. The smallest absolute Gasteiger partial charge is 0.240 e. The minimum Gasteiger partial charge on any atom is -0.366 e. The molecule has 3 heterocycles. The highest BCUT2D eigenvalue weighted by Gasteiger charge is 2.11. The average molecular weight is 398 g/mol. The molecule has 0 amide bonds. The van der Waals surface area contributed by atoms with Gasteiger partial charge in [-0.3, -0.25) is 4.68 Å². The maximum atomic E-state index is 13.2. The number of anilines is 1. The zero-order chi connectivity index (χ0) is 20.7. The topological polar surface area (TPSA) is 74.0 Å². The van der Waals surface area contributed by atoms with Crippen LogP contribution in [0.5, 0.6) is 0 Å². The van der Waals surface area contributed by atoms with Crippen molar-refractivity contribution in [3.63, 3.8) is 0 Å². The fourth-order valence-corrected chi connectivity index (χ4v) is 3.55. The highest BCUT2D eigenvalue weighted by atomic mass is 19.1. The van der Waals surface area contributed by atoms with E-state index < -0.39 is 0 Å². The molecular formula is C23H19FN6. The molecule has 1 unspecified atom stereocenters. The summed E-state index contributed by atoms with van der Waals surface area (Å²) in [6, 6.07) is 18.7. The van der Waals surface area contributed by atoms with Gasteiger partial charge in [0.05, 0.1) is 12.2 Å². The Labute approximate surface area is 172 Å². The van der Waals surface area contributed by atoms with Gasteiger partial charge in [0.15, 0.2) is 5.65 Å². The number of nitrogens with two attached hydrogens (primary N) is 1. The van der Waals surface area contributed by atoms with Crippen molar-refractivity contribution in [1.82, 2.24) is 24.4 Å². The molecule has 6 nitrogen and oxygen atoms in total. The van der Waals surface area contributed by atoms with Crippen molar-refractivity contribution in [2.24, 2.45) is 0 Å². The van der Waals surface area contributed by atoms with Crippen LogP contribution in [0.3, 0.4) is 0 Å². The standard InChI is InChI=1S/C23H19FN6/c1-15(16-5-7-21(24)8-6-16)30-14-20(13-26-30)18-4-2-3-17(11-18)19-9-10-29-22(12-19)27-23(25)28-29/h2-15H,1H3,(H2,25,28). The van der Waals surface area contributed by atoms with Crippen molar-refractivity contribution in [2.75, 3.05) is 5.73 Å². The Morgan fingerprint density at radius 1 is 0.933 bits per heavy atom. The van der Waals surface area contributed by atoms with Gasteiger partial charge in [0.1, 0.15) is 5.82 Å². The summed E-state index contributed by atoms with van der Waals surface area (Å²) in [5.41, 5.74) is 11.6. The number of fused-ring (bicyclic) bond motifs is 1. The van der Waals surface area contributed by atoms with Gasteiger partial charge in [-0.05, 0) is 59.5 Å². The monoisotopic (exact) mass is 398 g/mol. The first-order valence-corrected chi connectivity index (χ1v) is 9.59. The molecule has 0 saturated carbocycles. The summed E-state index contributed by atoms with van der Waals surface area (Å²) in [6.07, 6.45) is 5.71. The van der Waals surface area contributed by atoms with E-state index in [1.54, 1.807) is 16.6 Å². The molecule has 30 heavy (non-hydrogen) atoms. The number of nitrogen functional groups attached to an aromatic ring is 1. The van der Waals surface area contributed by atoms with Gasteiger partial charge in [-0.2, -0.15) is 10.1 Å². The van der Waals surface area contributed by atoms with Crippen LogP contribution in [0.4, 0.5) is 10.3 Å². The van der Waals surface area contributed by atoms with Crippen LogP contribution in [0, 0.1) is 5.82 Å². The third-order valence-electron chi connectivity index (χ3n) is 5.23. The number of nitrogens with zero attached hydrogens (tertiary/aromatic N) is 5. The normalized spacial score (nSPS) is 12.3. The Kier molecular flexibility index (Phi) is 4.28. The number of aromatic nitrogens is 5. The zero-order valence-corrected chi connectivity index (χ0v) is 16.3. The lowest BCUT2D eigenvalue weighted by molar-refractivity contribution is 0.561. The summed E-state index contributed by atoms with van der Waals surface area (Å²) in [6.45, 7) is 2.04. The van der Waals surface area contributed by atoms with E-state index in [0.717, 1.165) is 27.8 Å². The molecule has 0 saturated heterocycles.